The van der Waals surface area contributed by atoms with Gasteiger partial charge in [0.15, 0.2) is 11.2 Å². The number of amides is 1. The van der Waals surface area contributed by atoms with E-state index in [1.54, 1.807) is 7.05 Å². The molecule has 0 bridgehead atoms. The van der Waals surface area contributed by atoms with Crippen molar-refractivity contribution in [3.63, 3.8) is 0 Å². The van der Waals surface area contributed by atoms with E-state index in [4.69, 9.17) is 0 Å². The second-order valence-electron chi connectivity index (χ2n) is 6.57. The molecule has 142 valence electrons. The van der Waals surface area contributed by atoms with Crippen molar-refractivity contribution in [3.8, 4) is 0 Å². The Labute approximate surface area is 156 Å². The van der Waals surface area contributed by atoms with Crippen molar-refractivity contribution in [1.82, 2.24) is 24.0 Å². The van der Waals surface area contributed by atoms with Crippen molar-refractivity contribution in [2.45, 2.75) is 25.8 Å². The second-order valence-corrected chi connectivity index (χ2v) is 6.57. The molecular weight excluding hydrogens is 346 g/mol. The molecule has 3 rings (SSSR count). The second kappa shape index (κ2) is 7.61. The fraction of sp³-hybridized carbons (Fsp3) is 0.368. The summed E-state index contributed by atoms with van der Waals surface area (Å²) >= 11 is 0. The maximum Gasteiger partial charge on any atom is 0.332 e. The van der Waals surface area contributed by atoms with Crippen LogP contribution in [0.4, 0.5) is 0 Å². The monoisotopic (exact) mass is 369 g/mol. The van der Waals surface area contributed by atoms with Gasteiger partial charge in [-0.05, 0) is 12.0 Å². The number of aromatic nitrogens is 4. The lowest BCUT2D eigenvalue weighted by Gasteiger charge is -2.16. The first kappa shape index (κ1) is 18.6. The van der Waals surface area contributed by atoms with Gasteiger partial charge in [-0.15, -0.1) is 0 Å². The van der Waals surface area contributed by atoms with Crippen molar-refractivity contribution < 1.29 is 4.79 Å². The zero-order chi connectivity index (χ0) is 19.6. The average Bonchev–Trinajstić information content (AvgIpc) is 3.09. The van der Waals surface area contributed by atoms with Gasteiger partial charge in [0.1, 0.15) is 6.54 Å². The van der Waals surface area contributed by atoms with Crippen LogP contribution >= 0.6 is 0 Å². The molecule has 0 unspecified atom stereocenters. The summed E-state index contributed by atoms with van der Waals surface area (Å²) in [4.78, 5) is 40.9. The van der Waals surface area contributed by atoms with E-state index in [9.17, 15) is 14.4 Å². The van der Waals surface area contributed by atoms with Crippen LogP contribution in [-0.2, 0) is 25.4 Å². The number of rotatable bonds is 6. The van der Waals surface area contributed by atoms with Crippen LogP contribution in [-0.4, -0.2) is 31.1 Å². The summed E-state index contributed by atoms with van der Waals surface area (Å²) in [5.41, 5.74) is 0.777. The SMILES string of the molecule is CC[C@@H](CNC(=O)Cn1cnc2c1c(=O)n(C)c(=O)n2C)c1ccccc1. The van der Waals surface area contributed by atoms with Gasteiger partial charge in [-0.3, -0.25) is 18.7 Å². The van der Waals surface area contributed by atoms with E-state index in [1.165, 1.54) is 28.1 Å². The molecule has 3 aromatic rings. The summed E-state index contributed by atoms with van der Waals surface area (Å²) in [6, 6.07) is 10.0. The van der Waals surface area contributed by atoms with E-state index in [1.807, 2.05) is 30.3 Å². The number of hydrogen-bond donors (Lipinski definition) is 1. The first-order valence-corrected chi connectivity index (χ1v) is 8.86. The fourth-order valence-electron chi connectivity index (χ4n) is 3.19. The highest BCUT2D eigenvalue weighted by Gasteiger charge is 2.16. The van der Waals surface area contributed by atoms with Crippen LogP contribution in [0.2, 0.25) is 0 Å². The summed E-state index contributed by atoms with van der Waals surface area (Å²) in [6.07, 6.45) is 2.32. The van der Waals surface area contributed by atoms with E-state index in [0.717, 1.165) is 11.0 Å². The molecule has 0 spiro atoms. The Bertz CT molecular complexity index is 1080. The molecule has 27 heavy (non-hydrogen) atoms. The van der Waals surface area contributed by atoms with Crippen molar-refractivity contribution in [2.24, 2.45) is 14.1 Å². The lowest BCUT2D eigenvalue weighted by molar-refractivity contribution is -0.121. The van der Waals surface area contributed by atoms with Crippen molar-refractivity contribution in [1.29, 1.82) is 0 Å². The van der Waals surface area contributed by atoms with Gasteiger partial charge in [-0.25, -0.2) is 9.78 Å². The zero-order valence-electron chi connectivity index (χ0n) is 15.7. The number of fused-ring (bicyclic) bond motifs is 1. The summed E-state index contributed by atoms with van der Waals surface area (Å²) < 4.78 is 3.80. The molecule has 8 heteroatoms. The molecule has 0 radical (unpaired) electrons. The normalized spacial score (nSPS) is 12.3. The molecule has 8 nitrogen and oxygen atoms in total. The van der Waals surface area contributed by atoms with Crippen molar-refractivity contribution in [3.05, 3.63) is 63.1 Å². The van der Waals surface area contributed by atoms with Crippen LogP contribution in [0.25, 0.3) is 11.2 Å². The standard InChI is InChI=1S/C19H23N5O3/c1-4-13(14-8-6-5-7-9-14)10-20-15(25)11-24-12-21-17-16(24)18(26)23(3)19(27)22(17)2/h5-9,12-13H,4,10-11H2,1-3H3,(H,20,25)/t13-/m0/s1. The van der Waals surface area contributed by atoms with Crippen LogP contribution in [0.15, 0.2) is 46.2 Å². The lowest BCUT2D eigenvalue weighted by Crippen LogP contribution is -2.38. The number of carbonyl (C=O) groups excluding carboxylic acids is 1. The van der Waals surface area contributed by atoms with Gasteiger partial charge >= 0.3 is 5.69 Å². The van der Waals surface area contributed by atoms with E-state index in [-0.39, 0.29) is 29.5 Å². The Hall–Kier alpha value is -3.16. The first-order valence-electron chi connectivity index (χ1n) is 8.86. The third-order valence-corrected chi connectivity index (χ3v) is 4.84. The quantitative estimate of drug-likeness (QED) is 0.694. The van der Waals surface area contributed by atoms with Crippen LogP contribution in [0.3, 0.4) is 0 Å². The highest BCUT2D eigenvalue weighted by Crippen LogP contribution is 2.17. The molecule has 0 aliphatic rings. The van der Waals surface area contributed by atoms with Crippen LogP contribution in [0, 0.1) is 0 Å². The summed E-state index contributed by atoms with van der Waals surface area (Å²) in [5, 5.41) is 2.93. The van der Waals surface area contributed by atoms with E-state index >= 15 is 0 Å². The lowest BCUT2D eigenvalue weighted by atomic mass is 9.96. The van der Waals surface area contributed by atoms with Gasteiger partial charge in [-0.1, -0.05) is 37.3 Å². The predicted molar refractivity (Wildman–Crippen MR) is 103 cm³/mol. The molecule has 1 aromatic carbocycles. The third kappa shape index (κ3) is 3.55. The van der Waals surface area contributed by atoms with Gasteiger partial charge in [0.25, 0.3) is 5.56 Å². The van der Waals surface area contributed by atoms with E-state index < -0.39 is 11.2 Å². The molecule has 2 heterocycles. The highest BCUT2D eigenvalue weighted by molar-refractivity contribution is 5.78. The maximum absolute atomic E-state index is 12.4. The Morgan fingerprint density at radius 3 is 2.52 bits per heavy atom. The summed E-state index contributed by atoms with van der Waals surface area (Å²) in [7, 11) is 2.96. The number of imidazole rings is 1. The van der Waals surface area contributed by atoms with Gasteiger partial charge in [0, 0.05) is 26.6 Å². The smallest absolute Gasteiger partial charge is 0.332 e. The van der Waals surface area contributed by atoms with E-state index in [2.05, 4.69) is 17.2 Å². The Morgan fingerprint density at radius 2 is 1.85 bits per heavy atom. The Morgan fingerprint density at radius 1 is 1.15 bits per heavy atom. The Kier molecular flexibility index (Phi) is 5.25. The highest BCUT2D eigenvalue weighted by atomic mass is 16.2. The molecule has 0 aliphatic carbocycles. The number of carbonyl (C=O) groups is 1. The minimum absolute atomic E-state index is 0.0326. The van der Waals surface area contributed by atoms with Crippen LogP contribution in [0.1, 0.15) is 24.8 Å². The number of benzene rings is 1. The third-order valence-electron chi connectivity index (χ3n) is 4.84. The first-order chi connectivity index (χ1) is 12.9. The van der Waals surface area contributed by atoms with Gasteiger partial charge in [-0.2, -0.15) is 0 Å². The van der Waals surface area contributed by atoms with E-state index in [0.29, 0.717) is 6.54 Å². The maximum atomic E-state index is 12.4. The van der Waals surface area contributed by atoms with Gasteiger partial charge in [0.05, 0.1) is 6.33 Å². The topological polar surface area (TPSA) is 90.9 Å². The fourth-order valence-corrected chi connectivity index (χ4v) is 3.19. The van der Waals surface area contributed by atoms with Crippen LogP contribution in [0.5, 0.6) is 0 Å². The molecule has 1 atom stereocenters. The van der Waals surface area contributed by atoms with Crippen LogP contribution < -0.4 is 16.6 Å². The van der Waals surface area contributed by atoms with Gasteiger partial charge < -0.3 is 9.88 Å². The molecule has 2 aromatic heterocycles. The Balaban J connectivity index is 1.77. The molecule has 0 fully saturated rings. The van der Waals surface area contributed by atoms with Crippen molar-refractivity contribution in [2.75, 3.05) is 6.54 Å². The summed E-state index contributed by atoms with van der Waals surface area (Å²) in [5.74, 6) is 0.0166. The molecule has 1 amide bonds. The van der Waals surface area contributed by atoms with Crippen molar-refractivity contribution >= 4 is 17.1 Å². The number of nitrogens with one attached hydrogen (secondary N) is 1. The van der Waals surface area contributed by atoms with Gasteiger partial charge in [0.2, 0.25) is 5.91 Å². The minimum atomic E-state index is -0.464. The molecule has 0 saturated carbocycles. The number of hydrogen-bond acceptors (Lipinski definition) is 4. The number of nitrogens with zero attached hydrogens (tertiary/aromatic N) is 4. The molecular formula is C19H23N5O3. The molecule has 0 aliphatic heterocycles. The predicted octanol–water partition coefficient (Wildman–Crippen LogP) is 0.744. The summed E-state index contributed by atoms with van der Waals surface area (Å²) in [6.45, 7) is 2.56. The largest absolute Gasteiger partial charge is 0.354 e. The number of aryl methyl sites for hydroxylation is 1. The molecule has 1 N–H and O–H groups in total. The zero-order valence-corrected chi connectivity index (χ0v) is 15.7. The minimum Gasteiger partial charge on any atom is -0.354 e. The molecule has 0 saturated heterocycles. The average molecular weight is 369 g/mol.